The Bertz CT molecular complexity index is 719. The third-order valence-electron chi connectivity index (χ3n) is 3.16. The molecule has 0 bridgehead atoms. The Balaban J connectivity index is 2.33. The number of nitrogens with one attached hydrogen (secondary N) is 1. The molecule has 5 nitrogen and oxygen atoms in total. The number of carbonyl (C=O) groups is 2. The first-order chi connectivity index (χ1) is 10.9. The molecular weight excluding hydrogens is 395 g/mol. The van der Waals surface area contributed by atoms with Gasteiger partial charge in [0.15, 0.2) is 5.57 Å². The summed E-state index contributed by atoms with van der Waals surface area (Å²) < 4.78 is 48.6. The van der Waals surface area contributed by atoms with Gasteiger partial charge < -0.3 is 14.8 Å². The molecule has 1 heterocycles. The van der Waals surface area contributed by atoms with E-state index in [1.807, 2.05) is 0 Å². The number of anilines is 1. The summed E-state index contributed by atoms with van der Waals surface area (Å²) in [7, 11) is 0. The smallest absolute Gasteiger partial charge is 0.416 e. The lowest BCUT2D eigenvalue weighted by molar-refractivity contribution is -0.222. The molecule has 2 rings (SSSR count). The Morgan fingerprint density at radius 1 is 1.17 bits per heavy atom. The second-order valence-electron chi connectivity index (χ2n) is 5.51. The van der Waals surface area contributed by atoms with Crippen molar-refractivity contribution in [2.75, 3.05) is 5.32 Å². The Morgan fingerprint density at radius 3 is 2.21 bits per heavy atom. The Hall–Kier alpha value is -2.03. The van der Waals surface area contributed by atoms with E-state index >= 15 is 0 Å². The molecule has 1 aliphatic heterocycles. The molecule has 0 spiro atoms. The molecule has 0 radical (unpaired) electrons. The van der Waals surface area contributed by atoms with Crippen LogP contribution in [0.5, 0.6) is 0 Å². The van der Waals surface area contributed by atoms with Crippen LogP contribution in [-0.2, 0) is 25.2 Å². The molecule has 1 aromatic carbocycles. The summed E-state index contributed by atoms with van der Waals surface area (Å²) in [6.45, 7) is 4.36. The van der Waals surface area contributed by atoms with Crippen LogP contribution in [0.25, 0.3) is 0 Å². The van der Waals surface area contributed by atoms with Crippen LogP contribution in [0.3, 0.4) is 0 Å². The zero-order valence-corrected chi connectivity index (χ0v) is 14.5. The lowest BCUT2D eigenvalue weighted by atomic mass is 10.1. The summed E-state index contributed by atoms with van der Waals surface area (Å²) >= 11 is 3.05. The molecular formula is C15H13BrF3NO4. The molecule has 1 aliphatic rings. The third kappa shape index (κ3) is 3.89. The summed E-state index contributed by atoms with van der Waals surface area (Å²) in [4.78, 5) is 23.6. The van der Waals surface area contributed by atoms with Gasteiger partial charge in [0, 0.05) is 30.2 Å². The average Bonchev–Trinajstić information content (AvgIpc) is 2.39. The van der Waals surface area contributed by atoms with Crippen molar-refractivity contribution in [3.05, 3.63) is 39.5 Å². The number of halogens is 4. The van der Waals surface area contributed by atoms with E-state index in [9.17, 15) is 22.8 Å². The zero-order chi connectivity index (χ0) is 18.3. The maximum absolute atomic E-state index is 12.9. The number of hydrogen-bond acceptors (Lipinski definition) is 5. The lowest BCUT2D eigenvalue weighted by Crippen LogP contribution is -2.42. The summed E-state index contributed by atoms with van der Waals surface area (Å²) in [6, 6.07) is 1.82. The lowest BCUT2D eigenvalue weighted by Gasteiger charge is -2.29. The predicted molar refractivity (Wildman–Crippen MR) is 81.8 cm³/mol. The van der Waals surface area contributed by atoms with E-state index in [4.69, 9.17) is 9.47 Å². The first-order valence-electron chi connectivity index (χ1n) is 6.71. The Kier molecular flexibility index (Phi) is 4.67. The van der Waals surface area contributed by atoms with Gasteiger partial charge in [0.1, 0.15) is 0 Å². The SMILES string of the molecule is Cc1c(Br)cc(C(F)(F)F)cc1NC=C1C(=O)OC(C)(C)OC1=O. The minimum Gasteiger partial charge on any atom is -0.419 e. The number of rotatable bonds is 2. The van der Waals surface area contributed by atoms with Crippen molar-refractivity contribution in [3.63, 3.8) is 0 Å². The second-order valence-corrected chi connectivity index (χ2v) is 6.36. The van der Waals surface area contributed by atoms with Gasteiger partial charge in [0.05, 0.1) is 5.56 Å². The van der Waals surface area contributed by atoms with Gasteiger partial charge in [-0.05, 0) is 24.6 Å². The van der Waals surface area contributed by atoms with E-state index in [0.29, 0.717) is 5.56 Å². The predicted octanol–water partition coefficient (Wildman–Crippen LogP) is 3.91. The molecule has 24 heavy (non-hydrogen) atoms. The van der Waals surface area contributed by atoms with Crippen LogP contribution >= 0.6 is 15.9 Å². The highest BCUT2D eigenvalue weighted by Gasteiger charge is 2.39. The van der Waals surface area contributed by atoms with Crippen LogP contribution in [-0.4, -0.2) is 17.7 Å². The first kappa shape index (κ1) is 18.3. The third-order valence-corrected chi connectivity index (χ3v) is 3.98. The van der Waals surface area contributed by atoms with Crippen molar-refractivity contribution >= 4 is 33.6 Å². The number of benzene rings is 1. The fourth-order valence-electron chi connectivity index (χ4n) is 1.92. The highest BCUT2D eigenvalue weighted by Crippen LogP contribution is 2.36. The molecule has 1 N–H and O–H groups in total. The number of esters is 2. The molecule has 0 aromatic heterocycles. The van der Waals surface area contributed by atoms with Crippen molar-refractivity contribution in [2.45, 2.75) is 32.7 Å². The number of alkyl halides is 3. The van der Waals surface area contributed by atoms with E-state index in [0.717, 1.165) is 18.3 Å². The minimum absolute atomic E-state index is 0.0784. The number of ether oxygens (including phenoxy) is 2. The molecule has 0 amide bonds. The molecule has 0 saturated carbocycles. The maximum atomic E-state index is 12.9. The van der Waals surface area contributed by atoms with Gasteiger partial charge >= 0.3 is 18.1 Å². The fraction of sp³-hybridized carbons (Fsp3) is 0.333. The number of cyclic esters (lactones) is 2. The fourth-order valence-corrected chi connectivity index (χ4v) is 2.38. The van der Waals surface area contributed by atoms with Gasteiger partial charge in [0.2, 0.25) is 0 Å². The van der Waals surface area contributed by atoms with Gasteiger partial charge in [-0.1, -0.05) is 15.9 Å². The topological polar surface area (TPSA) is 64.6 Å². The second kappa shape index (κ2) is 6.12. The molecule has 1 aromatic rings. The van der Waals surface area contributed by atoms with Crippen molar-refractivity contribution in [3.8, 4) is 0 Å². The maximum Gasteiger partial charge on any atom is 0.416 e. The quantitative estimate of drug-likeness (QED) is 0.457. The standard InChI is InChI=1S/C15H13BrF3NO4/c1-7-10(16)4-8(15(17,18)19)5-11(7)20-6-9-12(21)23-14(2,3)24-13(9)22/h4-6,20H,1-3H3. The minimum atomic E-state index is -4.54. The number of carbonyl (C=O) groups excluding carboxylic acids is 2. The first-order valence-corrected chi connectivity index (χ1v) is 7.51. The molecule has 0 aliphatic carbocycles. The van der Waals surface area contributed by atoms with Crippen molar-refractivity contribution in [2.24, 2.45) is 0 Å². The highest BCUT2D eigenvalue weighted by molar-refractivity contribution is 9.10. The Morgan fingerprint density at radius 2 is 1.71 bits per heavy atom. The molecule has 0 atom stereocenters. The monoisotopic (exact) mass is 407 g/mol. The molecule has 0 unspecified atom stereocenters. The van der Waals surface area contributed by atoms with E-state index < -0.39 is 35.0 Å². The van der Waals surface area contributed by atoms with Gasteiger partial charge in [-0.3, -0.25) is 0 Å². The van der Waals surface area contributed by atoms with E-state index in [2.05, 4.69) is 21.2 Å². The van der Waals surface area contributed by atoms with Crippen LogP contribution < -0.4 is 5.32 Å². The zero-order valence-electron chi connectivity index (χ0n) is 12.9. The van der Waals surface area contributed by atoms with Crippen LogP contribution in [0, 0.1) is 6.92 Å². The summed E-state index contributed by atoms with van der Waals surface area (Å²) in [5, 5.41) is 2.53. The summed E-state index contributed by atoms with van der Waals surface area (Å²) in [6.07, 6.45) is -3.57. The highest BCUT2D eigenvalue weighted by atomic mass is 79.9. The summed E-state index contributed by atoms with van der Waals surface area (Å²) in [5.74, 6) is -3.24. The van der Waals surface area contributed by atoms with Crippen LogP contribution in [0.1, 0.15) is 25.0 Å². The van der Waals surface area contributed by atoms with Gasteiger partial charge in [0.25, 0.3) is 5.79 Å². The van der Waals surface area contributed by atoms with E-state index in [1.54, 1.807) is 6.92 Å². The van der Waals surface area contributed by atoms with E-state index in [1.165, 1.54) is 13.8 Å². The van der Waals surface area contributed by atoms with Gasteiger partial charge in [-0.25, -0.2) is 9.59 Å². The summed E-state index contributed by atoms with van der Waals surface area (Å²) in [5.41, 5.74) is -0.773. The van der Waals surface area contributed by atoms with Crippen molar-refractivity contribution in [1.29, 1.82) is 0 Å². The number of hydrogen-bond donors (Lipinski definition) is 1. The molecule has 1 fully saturated rings. The van der Waals surface area contributed by atoms with Crippen molar-refractivity contribution in [1.82, 2.24) is 0 Å². The van der Waals surface area contributed by atoms with Gasteiger partial charge in [-0.2, -0.15) is 13.2 Å². The molecule has 130 valence electrons. The van der Waals surface area contributed by atoms with Crippen molar-refractivity contribution < 1.29 is 32.2 Å². The van der Waals surface area contributed by atoms with Gasteiger partial charge in [-0.15, -0.1) is 0 Å². The van der Waals surface area contributed by atoms with Crippen LogP contribution in [0.15, 0.2) is 28.4 Å². The largest absolute Gasteiger partial charge is 0.419 e. The molecule has 1 saturated heterocycles. The Labute approximate surface area is 143 Å². The normalized spacial score (nSPS) is 17.2. The van der Waals surface area contributed by atoms with E-state index in [-0.39, 0.29) is 10.2 Å². The average molecular weight is 408 g/mol. The van der Waals surface area contributed by atoms with Crippen LogP contribution in [0.4, 0.5) is 18.9 Å². The molecule has 9 heteroatoms. The van der Waals surface area contributed by atoms with Crippen LogP contribution in [0.2, 0.25) is 0 Å².